The van der Waals surface area contributed by atoms with E-state index in [1.54, 1.807) is 19.9 Å². The number of carbonyl (C=O) groups excluding carboxylic acids is 2. The van der Waals surface area contributed by atoms with Crippen LogP contribution in [0.4, 0.5) is 4.39 Å². The van der Waals surface area contributed by atoms with Crippen molar-refractivity contribution in [1.29, 1.82) is 0 Å². The lowest BCUT2D eigenvalue weighted by atomic mass is 10.3. The van der Waals surface area contributed by atoms with Gasteiger partial charge in [0.15, 0.2) is 5.75 Å². The molecule has 1 aromatic heterocycles. The topological polar surface area (TPSA) is 110 Å². The largest absolute Gasteiger partial charge is 0.493 e. The van der Waals surface area contributed by atoms with Crippen LogP contribution in [0.15, 0.2) is 36.5 Å². The number of nitrogens with two attached hydrogens (primary N) is 1. The van der Waals surface area contributed by atoms with E-state index in [4.69, 9.17) is 36.9 Å². The number of ether oxygens (including phenoxy) is 4. The van der Waals surface area contributed by atoms with Crippen molar-refractivity contribution in [2.75, 3.05) is 13.7 Å². The summed E-state index contributed by atoms with van der Waals surface area (Å²) in [6.45, 7) is 9.24. The van der Waals surface area contributed by atoms with Gasteiger partial charge >= 0.3 is 11.9 Å². The molecule has 2 N–H and O–H groups in total. The summed E-state index contributed by atoms with van der Waals surface area (Å²) in [5.74, 6) is 0.0233. The van der Waals surface area contributed by atoms with E-state index in [0.29, 0.717) is 17.9 Å². The Morgan fingerprint density at radius 2 is 1.74 bits per heavy atom. The highest BCUT2D eigenvalue weighted by Gasteiger charge is 2.15. The maximum Gasteiger partial charge on any atom is 0.308 e. The zero-order valence-electron chi connectivity index (χ0n) is 20.4. The van der Waals surface area contributed by atoms with Crippen LogP contribution in [0.2, 0.25) is 0 Å². The number of rotatable bonds is 8. The smallest absolute Gasteiger partial charge is 0.308 e. The van der Waals surface area contributed by atoms with Crippen LogP contribution in [-0.4, -0.2) is 41.7 Å². The lowest BCUT2D eigenvalue weighted by molar-refractivity contribution is -0.145. The zero-order chi connectivity index (χ0) is 26.1. The number of pyridine rings is 1. The van der Waals surface area contributed by atoms with E-state index < -0.39 is 5.97 Å². The van der Waals surface area contributed by atoms with Crippen molar-refractivity contribution in [3.05, 3.63) is 48.0 Å². The summed E-state index contributed by atoms with van der Waals surface area (Å²) in [5, 5.41) is 0. The number of hydrogen-bond acceptors (Lipinski definition) is 8. The lowest BCUT2D eigenvalue weighted by Gasteiger charge is -2.14. The van der Waals surface area contributed by atoms with Gasteiger partial charge in [0.25, 0.3) is 0 Å². The van der Waals surface area contributed by atoms with Crippen molar-refractivity contribution < 1.29 is 32.9 Å². The van der Waals surface area contributed by atoms with Crippen molar-refractivity contribution in [3.63, 3.8) is 0 Å². The molecule has 0 aliphatic rings. The van der Waals surface area contributed by atoms with Crippen LogP contribution in [-0.2, 0) is 14.3 Å². The van der Waals surface area contributed by atoms with E-state index in [0.717, 1.165) is 0 Å². The molecule has 0 aliphatic carbocycles. The second-order valence-corrected chi connectivity index (χ2v) is 7.21. The van der Waals surface area contributed by atoms with Crippen LogP contribution in [0.25, 0.3) is 0 Å². The molecule has 0 saturated heterocycles. The fourth-order valence-corrected chi connectivity index (χ4v) is 2.25. The Morgan fingerprint density at radius 3 is 2.21 bits per heavy atom. The van der Waals surface area contributed by atoms with E-state index in [9.17, 15) is 14.0 Å². The van der Waals surface area contributed by atoms with Crippen LogP contribution in [0.5, 0.6) is 17.2 Å². The van der Waals surface area contributed by atoms with Crippen molar-refractivity contribution in [1.82, 2.24) is 4.98 Å². The fraction of sp³-hybridized carbons (Fsp3) is 0.417. The number of hydrogen-bond donors (Lipinski definition) is 1. The maximum absolute atomic E-state index is 12.6. The third-order valence-electron chi connectivity index (χ3n) is 3.49. The Bertz CT molecular complexity index is 909. The Balaban J connectivity index is 0.000000575. The van der Waals surface area contributed by atoms with E-state index in [2.05, 4.69) is 18.8 Å². The van der Waals surface area contributed by atoms with Gasteiger partial charge in [0.1, 0.15) is 35.0 Å². The standard InChI is InChI=1S/C12H15FO3.C9H10N2O3S.C3H8/c1-3-12(14)15-8-9(2)16-11-6-4-10(13)5-7-11;1-5(12)14-8-6(13-2)3-4-11-7(8)9(10)15;1-3-2/h4-7,9H,3,8H2,1-2H3;3-4H,1-2H3,(H2,10,15);3H2,1-2H3. The van der Waals surface area contributed by atoms with Crippen LogP contribution in [0.1, 0.15) is 53.2 Å². The van der Waals surface area contributed by atoms with Crippen LogP contribution in [0.3, 0.4) is 0 Å². The van der Waals surface area contributed by atoms with E-state index in [1.807, 2.05) is 0 Å². The molecule has 10 heteroatoms. The molecule has 188 valence electrons. The summed E-state index contributed by atoms with van der Waals surface area (Å²) in [4.78, 5) is 25.7. The first-order valence-electron chi connectivity index (χ1n) is 10.7. The number of esters is 2. The van der Waals surface area contributed by atoms with Gasteiger partial charge in [-0.15, -0.1) is 0 Å². The molecule has 1 heterocycles. The van der Waals surface area contributed by atoms with E-state index in [1.165, 1.54) is 50.9 Å². The number of thiocarbonyl (C=S) groups is 1. The SMILES string of the molecule is CCC.CCC(=O)OCC(C)Oc1ccc(F)cc1.COc1ccnc(C(N)=S)c1OC(C)=O. The second kappa shape index (κ2) is 17.2. The van der Waals surface area contributed by atoms with Crippen molar-refractivity contribution >= 4 is 29.1 Å². The third kappa shape index (κ3) is 12.7. The molecule has 1 unspecified atom stereocenters. The average Bonchev–Trinajstić information content (AvgIpc) is 2.79. The maximum atomic E-state index is 12.6. The first-order valence-corrected chi connectivity index (χ1v) is 11.1. The van der Waals surface area contributed by atoms with Crippen molar-refractivity contribution in [2.24, 2.45) is 5.73 Å². The monoisotopic (exact) mass is 496 g/mol. The molecule has 0 spiro atoms. The molecule has 0 saturated carbocycles. The average molecular weight is 497 g/mol. The van der Waals surface area contributed by atoms with Gasteiger partial charge in [0.2, 0.25) is 5.75 Å². The molecule has 0 bridgehead atoms. The minimum absolute atomic E-state index is 0.0464. The van der Waals surface area contributed by atoms with Gasteiger partial charge in [0.05, 0.1) is 7.11 Å². The molecule has 0 fully saturated rings. The summed E-state index contributed by atoms with van der Waals surface area (Å²) in [6, 6.07) is 7.27. The molecule has 1 atom stereocenters. The van der Waals surface area contributed by atoms with Crippen LogP contribution in [0, 0.1) is 5.82 Å². The lowest BCUT2D eigenvalue weighted by Crippen LogP contribution is -2.21. The minimum Gasteiger partial charge on any atom is -0.493 e. The molecule has 2 rings (SSSR count). The quantitative estimate of drug-likeness (QED) is 0.414. The number of aromatic nitrogens is 1. The summed E-state index contributed by atoms with van der Waals surface area (Å²) < 4.78 is 32.9. The Labute approximate surface area is 205 Å². The van der Waals surface area contributed by atoms with Crippen LogP contribution >= 0.6 is 12.2 Å². The highest BCUT2D eigenvalue weighted by atomic mass is 32.1. The third-order valence-corrected chi connectivity index (χ3v) is 3.68. The normalized spacial score (nSPS) is 10.3. The van der Waals surface area contributed by atoms with Gasteiger partial charge < -0.3 is 24.7 Å². The molecule has 8 nitrogen and oxygen atoms in total. The molecule has 34 heavy (non-hydrogen) atoms. The molecule has 1 aromatic carbocycles. The number of halogens is 1. The van der Waals surface area contributed by atoms with E-state index >= 15 is 0 Å². The molecular formula is C24H33FN2O6S. The first kappa shape index (κ1) is 30.7. The number of methoxy groups -OCH3 is 1. The molecule has 0 radical (unpaired) electrons. The van der Waals surface area contributed by atoms with Crippen LogP contribution < -0.4 is 19.9 Å². The summed E-state index contributed by atoms with van der Waals surface area (Å²) in [5.41, 5.74) is 5.67. The highest BCUT2D eigenvalue weighted by molar-refractivity contribution is 7.80. The predicted molar refractivity (Wildman–Crippen MR) is 132 cm³/mol. The minimum atomic E-state index is -0.487. The van der Waals surface area contributed by atoms with Gasteiger partial charge in [-0.05, 0) is 31.2 Å². The molecular weight excluding hydrogens is 463 g/mol. The number of benzene rings is 1. The molecule has 2 aromatic rings. The Kier molecular flexibility index (Phi) is 15.6. The highest BCUT2D eigenvalue weighted by Crippen LogP contribution is 2.29. The predicted octanol–water partition coefficient (Wildman–Crippen LogP) is 4.61. The van der Waals surface area contributed by atoms with Gasteiger partial charge in [0, 0.05) is 25.6 Å². The van der Waals surface area contributed by atoms with Gasteiger partial charge in [-0.3, -0.25) is 9.59 Å². The first-order chi connectivity index (χ1) is 16.1. The summed E-state index contributed by atoms with van der Waals surface area (Å²) in [7, 11) is 1.45. The summed E-state index contributed by atoms with van der Waals surface area (Å²) >= 11 is 4.78. The Morgan fingerprint density at radius 1 is 1.15 bits per heavy atom. The fourth-order valence-electron chi connectivity index (χ4n) is 2.10. The van der Waals surface area contributed by atoms with Crippen molar-refractivity contribution in [2.45, 2.75) is 53.6 Å². The Hall–Kier alpha value is -3.27. The second-order valence-electron chi connectivity index (χ2n) is 6.77. The molecule has 0 aliphatic heterocycles. The summed E-state index contributed by atoms with van der Waals surface area (Å²) in [6.07, 6.45) is 2.82. The van der Waals surface area contributed by atoms with Gasteiger partial charge in [-0.2, -0.15) is 0 Å². The molecule has 0 amide bonds. The van der Waals surface area contributed by atoms with E-state index in [-0.39, 0.29) is 40.9 Å². The van der Waals surface area contributed by atoms with Gasteiger partial charge in [-0.1, -0.05) is 39.4 Å². The van der Waals surface area contributed by atoms with Crippen molar-refractivity contribution in [3.8, 4) is 17.2 Å². The zero-order valence-corrected chi connectivity index (χ0v) is 21.2. The van der Waals surface area contributed by atoms with Gasteiger partial charge in [-0.25, -0.2) is 9.37 Å². The number of carbonyl (C=O) groups is 2. The number of nitrogens with zero attached hydrogens (tertiary/aromatic N) is 1.